The van der Waals surface area contributed by atoms with Crippen molar-refractivity contribution in [2.45, 2.75) is 25.8 Å². The summed E-state index contributed by atoms with van der Waals surface area (Å²) < 4.78 is 5.32. The minimum Gasteiger partial charge on any atom is -0.384 e. The number of benzene rings is 1. The van der Waals surface area contributed by atoms with Crippen molar-refractivity contribution < 1.29 is 4.74 Å². The molecule has 5 nitrogen and oxygen atoms in total. The van der Waals surface area contributed by atoms with E-state index in [9.17, 15) is 0 Å². The minimum absolute atomic E-state index is 0.397. The van der Waals surface area contributed by atoms with Gasteiger partial charge < -0.3 is 19.9 Å². The molecule has 0 aromatic heterocycles. The maximum absolute atomic E-state index is 5.32. The van der Waals surface area contributed by atoms with E-state index in [0.29, 0.717) is 12.0 Å². The quantitative estimate of drug-likeness (QED) is 0.578. The molecule has 0 amide bonds. The van der Waals surface area contributed by atoms with Gasteiger partial charge in [-0.25, -0.2) is 0 Å². The summed E-state index contributed by atoms with van der Waals surface area (Å²) in [5.41, 5.74) is 1.36. The van der Waals surface area contributed by atoms with Crippen LogP contribution in [0.15, 0.2) is 35.3 Å². The molecular formula is C20H34N4O. The summed E-state index contributed by atoms with van der Waals surface area (Å²) in [6.07, 6.45) is 2.20. The van der Waals surface area contributed by atoms with Crippen molar-refractivity contribution in [3.05, 3.63) is 35.9 Å². The second-order valence-corrected chi connectivity index (χ2v) is 7.06. The van der Waals surface area contributed by atoms with Crippen molar-refractivity contribution in [3.8, 4) is 0 Å². The van der Waals surface area contributed by atoms with Gasteiger partial charge in [-0.3, -0.25) is 4.99 Å². The van der Waals surface area contributed by atoms with Crippen LogP contribution in [0, 0.1) is 5.92 Å². The van der Waals surface area contributed by atoms with Crippen LogP contribution in [0.5, 0.6) is 0 Å². The van der Waals surface area contributed by atoms with Gasteiger partial charge in [0.05, 0.1) is 13.2 Å². The van der Waals surface area contributed by atoms with E-state index in [-0.39, 0.29) is 0 Å². The molecule has 140 valence electrons. The monoisotopic (exact) mass is 346 g/mol. The van der Waals surface area contributed by atoms with E-state index < -0.39 is 0 Å². The zero-order chi connectivity index (χ0) is 18.1. The molecule has 0 saturated carbocycles. The van der Waals surface area contributed by atoms with E-state index in [0.717, 1.165) is 45.2 Å². The van der Waals surface area contributed by atoms with E-state index in [1.165, 1.54) is 12.0 Å². The van der Waals surface area contributed by atoms with Gasteiger partial charge in [0.15, 0.2) is 5.96 Å². The Morgan fingerprint density at radius 2 is 2.12 bits per heavy atom. The summed E-state index contributed by atoms with van der Waals surface area (Å²) in [6.45, 7) is 6.76. The van der Waals surface area contributed by atoms with Gasteiger partial charge in [0.2, 0.25) is 0 Å². The Kier molecular flexibility index (Phi) is 8.22. The molecule has 2 unspecified atom stereocenters. The van der Waals surface area contributed by atoms with Crippen LogP contribution in [0.4, 0.5) is 0 Å². The fourth-order valence-electron chi connectivity index (χ4n) is 3.31. The molecule has 1 aromatic rings. The van der Waals surface area contributed by atoms with Gasteiger partial charge in [0.25, 0.3) is 0 Å². The Morgan fingerprint density at radius 3 is 2.76 bits per heavy atom. The lowest BCUT2D eigenvalue weighted by Crippen LogP contribution is -2.42. The number of likely N-dealkylation sites (N-methyl/N-ethyl adjacent to an activating group) is 1. The first-order valence-electron chi connectivity index (χ1n) is 9.36. The number of likely N-dealkylation sites (tertiary alicyclic amines) is 1. The van der Waals surface area contributed by atoms with E-state index in [4.69, 9.17) is 9.73 Å². The number of hydrogen-bond donors (Lipinski definition) is 1. The van der Waals surface area contributed by atoms with Crippen LogP contribution in [0.25, 0.3) is 0 Å². The summed E-state index contributed by atoms with van der Waals surface area (Å²) in [6, 6.07) is 11.1. The molecule has 1 heterocycles. The van der Waals surface area contributed by atoms with E-state index >= 15 is 0 Å². The topological polar surface area (TPSA) is 40.1 Å². The summed E-state index contributed by atoms with van der Waals surface area (Å²) in [5.74, 6) is 1.66. The Morgan fingerprint density at radius 1 is 1.36 bits per heavy atom. The molecule has 1 aromatic carbocycles. The molecule has 0 radical (unpaired) electrons. The van der Waals surface area contributed by atoms with E-state index in [2.05, 4.69) is 66.5 Å². The molecule has 0 aliphatic carbocycles. The second kappa shape index (κ2) is 10.4. The summed E-state index contributed by atoms with van der Waals surface area (Å²) in [5, 5.41) is 3.46. The van der Waals surface area contributed by atoms with Crippen LogP contribution in [-0.4, -0.2) is 75.8 Å². The number of nitrogens with one attached hydrogen (secondary N) is 1. The van der Waals surface area contributed by atoms with Crippen molar-refractivity contribution in [3.63, 3.8) is 0 Å². The predicted molar refractivity (Wildman–Crippen MR) is 105 cm³/mol. The normalized spacial score (nSPS) is 19.5. The van der Waals surface area contributed by atoms with Crippen molar-refractivity contribution in [2.24, 2.45) is 10.9 Å². The molecule has 5 heteroatoms. The zero-order valence-electron chi connectivity index (χ0n) is 16.2. The first kappa shape index (κ1) is 19.7. The van der Waals surface area contributed by atoms with Gasteiger partial charge in [-0.15, -0.1) is 0 Å². The van der Waals surface area contributed by atoms with Crippen molar-refractivity contribution >= 4 is 5.96 Å². The summed E-state index contributed by atoms with van der Waals surface area (Å²) in [4.78, 5) is 9.61. The van der Waals surface area contributed by atoms with E-state index in [1.807, 2.05) is 0 Å². The Bertz CT molecular complexity index is 518. The first-order chi connectivity index (χ1) is 12.1. The lowest BCUT2D eigenvalue weighted by molar-refractivity contribution is 0.157. The first-order valence-corrected chi connectivity index (χ1v) is 9.36. The highest BCUT2D eigenvalue weighted by atomic mass is 16.5. The molecule has 0 bridgehead atoms. The summed E-state index contributed by atoms with van der Waals surface area (Å²) >= 11 is 0. The third-order valence-corrected chi connectivity index (χ3v) is 4.82. The number of aliphatic imine (C=N–C) groups is 1. The third kappa shape index (κ3) is 6.33. The molecule has 1 N–H and O–H groups in total. The second-order valence-electron chi connectivity index (χ2n) is 7.06. The Hall–Kier alpha value is -1.59. The van der Waals surface area contributed by atoms with Crippen molar-refractivity contribution in [1.29, 1.82) is 0 Å². The van der Waals surface area contributed by atoms with Gasteiger partial charge in [-0.2, -0.15) is 0 Å². The average molecular weight is 347 g/mol. The van der Waals surface area contributed by atoms with Gasteiger partial charge >= 0.3 is 0 Å². The average Bonchev–Trinajstić information content (AvgIpc) is 3.07. The van der Waals surface area contributed by atoms with Gasteiger partial charge in [-0.05, 0) is 39.4 Å². The van der Waals surface area contributed by atoms with Crippen LogP contribution in [-0.2, 0) is 11.2 Å². The molecule has 2 rings (SSSR count). The largest absolute Gasteiger partial charge is 0.384 e. The summed E-state index contributed by atoms with van der Waals surface area (Å²) in [7, 11) is 6.06. The van der Waals surface area contributed by atoms with E-state index in [1.54, 1.807) is 7.11 Å². The smallest absolute Gasteiger partial charge is 0.193 e. The van der Waals surface area contributed by atoms with Crippen molar-refractivity contribution in [2.75, 3.05) is 54.0 Å². The van der Waals surface area contributed by atoms with Crippen LogP contribution < -0.4 is 5.32 Å². The molecule has 1 aliphatic rings. The lowest BCUT2D eigenvalue weighted by atomic mass is 10.1. The number of methoxy groups -OCH3 is 1. The highest BCUT2D eigenvalue weighted by Gasteiger charge is 2.25. The van der Waals surface area contributed by atoms with Gasteiger partial charge in [-0.1, -0.05) is 30.3 Å². The molecule has 0 spiro atoms. The fourth-order valence-corrected chi connectivity index (χ4v) is 3.31. The number of hydrogen-bond acceptors (Lipinski definition) is 3. The molecule has 1 aliphatic heterocycles. The zero-order valence-corrected chi connectivity index (χ0v) is 16.2. The lowest BCUT2D eigenvalue weighted by Gasteiger charge is -2.26. The van der Waals surface area contributed by atoms with Gasteiger partial charge in [0.1, 0.15) is 0 Å². The van der Waals surface area contributed by atoms with Crippen LogP contribution >= 0.6 is 0 Å². The maximum Gasteiger partial charge on any atom is 0.193 e. The molecule has 25 heavy (non-hydrogen) atoms. The predicted octanol–water partition coefficient (Wildman–Crippen LogP) is 2.09. The van der Waals surface area contributed by atoms with Crippen LogP contribution in [0.3, 0.4) is 0 Å². The SMILES string of the molecule is CCNC(=NCC(Cc1ccccc1)N(C)C)N1CCC(COC)C1. The van der Waals surface area contributed by atoms with Crippen molar-refractivity contribution in [1.82, 2.24) is 15.1 Å². The molecular weight excluding hydrogens is 312 g/mol. The fraction of sp³-hybridized carbons (Fsp3) is 0.650. The number of rotatable bonds is 8. The maximum atomic E-state index is 5.32. The van der Waals surface area contributed by atoms with Crippen LogP contribution in [0.1, 0.15) is 18.9 Å². The third-order valence-electron chi connectivity index (χ3n) is 4.82. The Labute approximate surface area is 153 Å². The number of nitrogens with zero attached hydrogens (tertiary/aromatic N) is 3. The van der Waals surface area contributed by atoms with Crippen LogP contribution in [0.2, 0.25) is 0 Å². The number of ether oxygens (including phenoxy) is 1. The number of guanidine groups is 1. The molecule has 1 fully saturated rings. The highest BCUT2D eigenvalue weighted by molar-refractivity contribution is 5.80. The van der Waals surface area contributed by atoms with Gasteiger partial charge in [0, 0.05) is 38.7 Å². The molecule has 2 atom stereocenters. The minimum atomic E-state index is 0.397. The Balaban J connectivity index is 1.99. The molecule has 1 saturated heterocycles. The highest BCUT2D eigenvalue weighted by Crippen LogP contribution is 2.16. The standard InChI is InChI=1S/C20H34N4O/c1-5-21-20(24-12-11-18(15-24)16-25-4)22-14-19(23(2)3)13-17-9-7-6-8-10-17/h6-10,18-19H,5,11-16H2,1-4H3,(H,21,22).